The number of Topliss-reactive ketones (excluding diaryl/α,β-unsaturated/α-hetero) is 1. The van der Waals surface area contributed by atoms with Crippen molar-refractivity contribution in [3.8, 4) is 0 Å². The predicted octanol–water partition coefficient (Wildman–Crippen LogP) is 1.05. The van der Waals surface area contributed by atoms with Crippen molar-refractivity contribution in [2.45, 2.75) is 32.7 Å². The number of ketones is 1. The van der Waals surface area contributed by atoms with Gasteiger partial charge in [-0.05, 0) is 32.8 Å². The van der Waals surface area contributed by atoms with Crippen molar-refractivity contribution < 1.29 is 13.2 Å². The van der Waals surface area contributed by atoms with Crippen molar-refractivity contribution in [2.75, 3.05) is 46.8 Å². The van der Waals surface area contributed by atoms with Gasteiger partial charge in [0.25, 0.3) is 10.2 Å². The molecule has 1 saturated heterocycles. The third kappa shape index (κ3) is 3.67. The Kier molecular flexibility index (Phi) is 5.07. The highest BCUT2D eigenvalue weighted by Crippen LogP contribution is 2.38. The molecule has 0 aromatic carbocycles. The van der Waals surface area contributed by atoms with Crippen LogP contribution in [0.15, 0.2) is 6.07 Å². The Balaban J connectivity index is 1.61. The lowest BCUT2D eigenvalue weighted by Crippen LogP contribution is -2.52. The number of piperazine rings is 1. The summed E-state index contributed by atoms with van der Waals surface area (Å²) in [6.07, 6.45) is 2.40. The Morgan fingerprint density at radius 3 is 2.28 bits per heavy atom. The maximum absolute atomic E-state index is 12.7. The van der Waals surface area contributed by atoms with Crippen LogP contribution >= 0.6 is 0 Å². The van der Waals surface area contributed by atoms with Gasteiger partial charge >= 0.3 is 0 Å². The Hall–Kier alpha value is -1.22. The fourth-order valence-electron chi connectivity index (χ4n) is 3.59. The van der Waals surface area contributed by atoms with E-state index in [1.807, 2.05) is 17.9 Å². The molecule has 140 valence electrons. The molecule has 0 radical (unpaired) electrons. The molecule has 1 aromatic heterocycles. The molecule has 0 amide bonds. The van der Waals surface area contributed by atoms with E-state index >= 15 is 0 Å². The molecule has 1 saturated carbocycles. The summed E-state index contributed by atoms with van der Waals surface area (Å²) < 4.78 is 29.3. The molecule has 1 aromatic rings. The number of carbonyl (C=O) groups excluding carboxylic acids is 1. The lowest BCUT2D eigenvalue weighted by molar-refractivity contribution is 0.0899. The summed E-state index contributed by atoms with van der Waals surface area (Å²) in [4.78, 5) is 14.8. The third-order valence-corrected chi connectivity index (χ3v) is 7.12. The normalized spacial score (nSPS) is 20.4. The van der Waals surface area contributed by atoms with Gasteiger partial charge in [0.05, 0.1) is 6.54 Å². The van der Waals surface area contributed by atoms with E-state index in [2.05, 4.69) is 11.5 Å². The van der Waals surface area contributed by atoms with Crippen LogP contribution in [0.5, 0.6) is 0 Å². The van der Waals surface area contributed by atoms with E-state index in [0.717, 1.165) is 17.0 Å². The molecule has 0 atom stereocenters. The number of aromatic nitrogens is 1. The molecule has 1 aliphatic carbocycles. The van der Waals surface area contributed by atoms with Gasteiger partial charge in [0, 0.05) is 63.3 Å². The molecule has 2 heterocycles. The maximum atomic E-state index is 12.7. The number of aryl methyl sites for hydroxylation is 1. The van der Waals surface area contributed by atoms with E-state index in [1.54, 1.807) is 14.1 Å². The highest BCUT2D eigenvalue weighted by molar-refractivity contribution is 7.86. The fourth-order valence-corrected chi connectivity index (χ4v) is 4.68. The molecule has 1 aliphatic heterocycles. The van der Waals surface area contributed by atoms with Crippen LogP contribution in [0.4, 0.5) is 0 Å². The quantitative estimate of drug-likeness (QED) is 0.704. The van der Waals surface area contributed by atoms with Gasteiger partial charge in [0.15, 0.2) is 5.78 Å². The maximum Gasteiger partial charge on any atom is 0.281 e. The lowest BCUT2D eigenvalue weighted by Gasteiger charge is -2.34. The van der Waals surface area contributed by atoms with Gasteiger partial charge < -0.3 is 4.57 Å². The van der Waals surface area contributed by atoms with Crippen molar-refractivity contribution in [1.29, 1.82) is 0 Å². The molecule has 8 heteroatoms. The van der Waals surface area contributed by atoms with Crippen LogP contribution in [0.2, 0.25) is 0 Å². The molecule has 7 nitrogen and oxygen atoms in total. The lowest BCUT2D eigenvalue weighted by atomic mass is 10.1. The first kappa shape index (κ1) is 18.6. The molecule has 2 aliphatic rings. The first-order valence-electron chi connectivity index (χ1n) is 8.83. The van der Waals surface area contributed by atoms with Crippen LogP contribution in [-0.4, -0.2) is 79.1 Å². The first-order chi connectivity index (χ1) is 11.7. The number of rotatable bonds is 6. The SMILES string of the molecule is Cc1cc(C(=O)CN2CCN(S(=O)(=O)N(C)C)CC2)c(C)n1C1CC1. The summed E-state index contributed by atoms with van der Waals surface area (Å²) in [6, 6.07) is 2.57. The number of hydrogen-bond acceptors (Lipinski definition) is 4. The minimum atomic E-state index is -3.36. The van der Waals surface area contributed by atoms with E-state index in [0.29, 0.717) is 38.8 Å². The van der Waals surface area contributed by atoms with Crippen LogP contribution in [-0.2, 0) is 10.2 Å². The molecule has 0 N–H and O–H groups in total. The molecule has 2 fully saturated rings. The van der Waals surface area contributed by atoms with Crippen LogP contribution in [0, 0.1) is 13.8 Å². The molecular weight excluding hydrogens is 340 g/mol. The predicted molar refractivity (Wildman–Crippen MR) is 97.1 cm³/mol. The second-order valence-corrected chi connectivity index (χ2v) is 9.42. The zero-order chi connectivity index (χ0) is 18.4. The highest BCUT2D eigenvalue weighted by atomic mass is 32.2. The summed E-state index contributed by atoms with van der Waals surface area (Å²) >= 11 is 0. The second-order valence-electron chi connectivity index (χ2n) is 7.27. The molecule has 0 spiro atoms. The smallest absolute Gasteiger partial charge is 0.281 e. The fraction of sp³-hybridized carbons (Fsp3) is 0.706. The third-order valence-electron chi connectivity index (χ3n) is 5.18. The number of carbonyl (C=O) groups is 1. The van der Waals surface area contributed by atoms with E-state index < -0.39 is 10.2 Å². The highest BCUT2D eigenvalue weighted by Gasteiger charge is 2.31. The van der Waals surface area contributed by atoms with E-state index in [1.165, 1.54) is 21.5 Å². The van der Waals surface area contributed by atoms with Gasteiger partial charge in [-0.2, -0.15) is 17.0 Å². The summed E-state index contributed by atoms with van der Waals surface area (Å²) in [5.41, 5.74) is 3.04. The standard InChI is InChI=1S/C17H28N4O3S/c1-13-11-16(14(2)21(13)15-5-6-15)17(22)12-19-7-9-20(10-8-19)25(23,24)18(3)4/h11,15H,5-10,12H2,1-4H3. The van der Waals surface area contributed by atoms with Crippen LogP contribution < -0.4 is 0 Å². The van der Waals surface area contributed by atoms with Crippen molar-refractivity contribution in [1.82, 2.24) is 18.1 Å². The van der Waals surface area contributed by atoms with E-state index in [-0.39, 0.29) is 5.78 Å². The number of nitrogens with zero attached hydrogens (tertiary/aromatic N) is 4. The zero-order valence-electron chi connectivity index (χ0n) is 15.5. The van der Waals surface area contributed by atoms with Gasteiger partial charge in [-0.1, -0.05) is 0 Å². The summed E-state index contributed by atoms with van der Waals surface area (Å²) in [5, 5.41) is 0. The Morgan fingerprint density at radius 1 is 1.16 bits per heavy atom. The first-order valence-corrected chi connectivity index (χ1v) is 10.2. The Morgan fingerprint density at radius 2 is 1.76 bits per heavy atom. The van der Waals surface area contributed by atoms with Gasteiger partial charge in [0.2, 0.25) is 0 Å². The summed E-state index contributed by atoms with van der Waals surface area (Å²) in [7, 11) is -0.279. The summed E-state index contributed by atoms with van der Waals surface area (Å²) in [5.74, 6) is 0.129. The average molecular weight is 369 g/mol. The Bertz CT molecular complexity index is 757. The topological polar surface area (TPSA) is 65.9 Å². The Labute approximate surface area is 150 Å². The molecule has 25 heavy (non-hydrogen) atoms. The van der Waals surface area contributed by atoms with Gasteiger partial charge in [-0.25, -0.2) is 0 Å². The second kappa shape index (κ2) is 6.83. The van der Waals surface area contributed by atoms with Crippen molar-refractivity contribution in [3.63, 3.8) is 0 Å². The zero-order valence-corrected chi connectivity index (χ0v) is 16.3. The van der Waals surface area contributed by atoms with Crippen molar-refractivity contribution >= 4 is 16.0 Å². The average Bonchev–Trinajstić information content (AvgIpc) is 3.33. The van der Waals surface area contributed by atoms with E-state index in [9.17, 15) is 13.2 Å². The molecular formula is C17H28N4O3S. The van der Waals surface area contributed by atoms with Crippen LogP contribution in [0.3, 0.4) is 0 Å². The van der Waals surface area contributed by atoms with Gasteiger partial charge in [-0.15, -0.1) is 0 Å². The van der Waals surface area contributed by atoms with Crippen molar-refractivity contribution in [3.05, 3.63) is 23.0 Å². The summed E-state index contributed by atoms with van der Waals surface area (Å²) in [6.45, 7) is 6.46. The molecule has 0 bridgehead atoms. The minimum absolute atomic E-state index is 0.129. The largest absolute Gasteiger partial charge is 0.345 e. The van der Waals surface area contributed by atoms with Crippen molar-refractivity contribution in [2.24, 2.45) is 0 Å². The molecule has 0 unspecified atom stereocenters. The monoisotopic (exact) mass is 368 g/mol. The number of hydrogen-bond donors (Lipinski definition) is 0. The van der Waals surface area contributed by atoms with Gasteiger partial charge in [-0.3, -0.25) is 9.69 Å². The molecule has 3 rings (SSSR count). The van der Waals surface area contributed by atoms with E-state index in [4.69, 9.17) is 0 Å². The van der Waals surface area contributed by atoms with Crippen LogP contribution in [0.25, 0.3) is 0 Å². The van der Waals surface area contributed by atoms with Crippen LogP contribution in [0.1, 0.15) is 40.6 Å². The minimum Gasteiger partial charge on any atom is -0.345 e. The van der Waals surface area contributed by atoms with Gasteiger partial charge in [0.1, 0.15) is 0 Å².